The standard InChI is InChI=1S/C15H17BrN2O2/c1-18-10-17-15(16)12(18)5-3-11-4-6-13-14(9-11)20-8-2-7-19-13/h4,6,9-10H,2-3,5,7-8H2,1H3. The second kappa shape index (κ2) is 5.87. The van der Waals surface area contributed by atoms with Gasteiger partial charge in [0.25, 0.3) is 0 Å². The maximum Gasteiger partial charge on any atom is 0.161 e. The Morgan fingerprint density at radius 3 is 2.75 bits per heavy atom. The summed E-state index contributed by atoms with van der Waals surface area (Å²) in [6.45, 7) is 1.46. The van der Waals surface area contributed by atoms with E-state index in [-0.39, 0.29) is 0 Å². The Hall–Kier alpha value is -1.49. The Kier molecular flexibility index (Phi) is 3.96. The first-order valence-corrected chi connectivity index (χ1v) is 7.57. The summed E-state index contributed by atoms with van der Waals surface area (Å²) in [5.41, 5.74) is 2.46. The van der Waals surface area contributed by atoms with Gasteiger partial charge in [0.15, 0.2) is 11.5 Å². The highest BCUT2D eigenvalue weighted by Gasteiger charge is 2.11. The molecule has 3 rings (SSSR count). The summed E-state index contributed by atoms with van der Waals surface area (Å²) < 4.78 is 14.3. The highest BCUT2D eigenvalue weighted by molar-refractivity contribution is 9.10. The number of nitrogens with zero attached hydrogens (tertiary/aromatic N) is 2. The lowest BCUT2D eigenvalue weighted by molar-refractivity contribution is 0.297. The third-order valence-electron chi connectivity index (χ3n) is 3.47. The third kappa shape index (κ3) is 2.82. The van der Waals surface area contributed by atoms with Crippen LogP contribution in [0, 0.1) is 0 Å². The predicted molar refractivity (Wildman–Crippen MR) is 80.4 cm³/mol. The number of imidazole rings is 1. The SMILES string of the molecule is Cn1cnc(Br)c1CCc1ccc2c(c1)OCCCO2. The van der Waals surface area contributed by atoms with E-state index >= 15 is 0 Å². The molecule has 4 nitrogen and oxygen atoms in total. The molecule has 0 fully saturated rings. The van der Waals surface area contributed by atoms with E-state index in [1.54, 1.807) is 0 Å². The van der Waals surface area contributed by atoms with E-state index in [2.05, 4.69) is 33.0 Å². The van der Waals surface area contributed by atoms with Crippen molar-refractivity contribution in [3.05, 3.63) is 40.4 Å². The molecule has 0 aliphatic carbocycles. The fraction of sp³-hybridized carbons (Fsp3) is 0.400. The fourth-order valence-electron chi connectivity index (χ4n) is 2.33. The minimum Gasteiger partial charge on any atom is -0.490 e. The second-order valence-electron chi connectivity index (χ2n) is 4.92. The highest BCUT2D eigenvalue weighted by Crippen LogP contribution is 2.31. The molecule has 1 aromatic heterocycles. The summed E-state index contributed by atoms with van der Waals surface area (Å²) in [4.78, 5) is 4.25. The first kappa shape index (κ1) is 13.5. The van der Waals surface area contributed by atoms with Gasteiger partial charge in [0, 0.05) is 13.5 Å². The van der Waals surface area contributed by atoms with Crippen molar-refractivity contribution in [3.63, 3.8) is 0 Å². The lowest BCUT2D eigenvalue weighted by atomic mass is 10.1. The minimum absolute atomic E-state index is 0.726. The van der Waals surface area contributed by atoms with Crippen LogP contribution in [0.5, 0.6) is 11.5 Å². The minimum atomic E-state index is 0.726. The molecule has 0 amide bonds. The van der Waals surface area contributed by atoms with Crippen LogP contribution in [0.25, 0.3) is 0 Å². The number of hydrogen-bond acceptors (Lipinski definition) is 3. The number of ether oxygens (including phenoxy) is 2. The average Bonchev–Trinajstić information content (AvgIpc) is 2.67. The Morgan fingerprint density at radius 1 is 1.20 bits per heavy atom. The van der Waals surface area contributed by atoms with Gasteiger partial charge in [0.1, 0.15) is 4.60 Å². The Bertz CT molecular complexity index is 590. The molecule has 0 saturated carbocycles. The molecule has 1 aromatic carbocycles. The Labute approximate surface area is 126 Å². The normalized spacial score (nSPS) is 14.1. The van der Waals surface area contributed by atoms with E-state index in [1.807, 2.05) is 24.0 Å². The van der Waals surface area contributed by atoms with Gasteiger partial charge >= 0.3 is 0 Å². The van der Waals surface area contributed by atoms with Crippen molar-refractivity contribution < 1.29 is 9.47 Å². The lowest BCUT2D eigenvalue weighted by Gasteiger charge is -2.09. The smallest absolute Gasteiger partial charge is 0.161 e. The molecule has 2 heterocycles. The molecular weight excluding hydrogens is 320 g/mol. The van der Waals surface area contributed by atoms with Crippen molar-refractivity contribution in [1.82, 2.24) is 9.55 Å². The summed E-state index contributed by atoms with van der Waals surface area (Å²) >= 11 is 3.48. The molecule has 0 spiro atoms. The number of rotatable bonds is 3. The molecule has 1 aliphatic heterocycles. The van der Waals surface area contributed by atoms with E-state index < -0.39 is 0 Å². The van der Waals surface area contributed by atoms with Gasteiger partial charge in [-0.3, -0.25) is 0 Å². The molecule has 0 atom stereocenters. The maximum atomic E-state index is 5.72. The van der Waals surface area contributed by atoms with Crippen molar-refractivity contribution in [2.45, 2.75) is 19.3 Å². The molecule has 2 aromatic rings. The van der Waals surface area contributed by atoms with Gasteiger partial charge in [-0.2, -0.15) is 0 Å². The summed E-state index contributed by atoms with van der Waals surface area (Å²) in [6.07, 6.45) is 4.66. The first-order valence-electron chi connectivity index (χ1n) is 6.78. The van der Waals surface area contributed by atoms with Crippen molar-refractivity contribution in [2.24, 2.45) is 7.05 Å². The highest BCUT2D eigenvalue weighted by atomic mass is 79.9. The van der Waals surface area contributed by atoms with Gasteiger partial charge in [-0.25, -0.2) is 4.98 Å². The fourth-order valence-corrected chi connectivity index (χ4v) is 2.90. The van der Waals surface area contributed by atoms with Gasteiger partial charge in [0.2, 0.25) is 0 Å². The lowest BCUT2D eigenvalue weighted by Crippen LogP contribution is -2.00. The van der Waals surface area contributed by atoms with E-state index in [9.17, 15) is 0 Å². The molecule has 0 saturated heterocycles. The number of hydrogen-bond donors (Lipinski definition) is 0. The van der Waals surface area contributed by atoms with Crippen LogP contribution in [0.15, 0.2) is 29.1 Å². The summed E-state index contributed by atoms with van der Waals surface area (Å²) in [5.74, 6) is 1.72. The average molecular weight is 337 g/mol. The van der Waals surface area contributed by atoms with Gasteiger partial charge in [-0.1, -0.05) is 6.07 Å². The topological polar surface area (TPSA) is 36.3 Å². The van der Waals surface area contributed by atoms with E-state index in [0.717, 1.165) is 48.6 Å². The number of aryl methyl sites for hydroxylation is 2. The summed E-state index contributed by atoms with van der Waals surface area (Å²) in [6, 6.07) is 6.21. The molecule has 0 N–H and O–H groups in total. The predicted octanol–water partition coefficient (Wildman–Crippen LogP) is 3.13. The number of aromatic nitrogens is 2. The molecule has 0 unspecified atom stereocenters. The van der Waals surface area contributed by atoms with Crippen LogP contribution in [0.2, 0.25) is 0 Å². The van der Waals surface area contributed by atoms with Crippen molar-refractivity contribution >= 4 is 15.9 Å². The van der Waals surface area contributed by atoms with E-state index in [0.29, 0.717) is 0 Å². The summed E-state index contributed by atoms with van der Waals surface area (Å²) in [7, 11) is 2.01. The van der Waals surface area contributed by atoms with Crippen LogP contribution in [0.1, 0.15) is 17.7 Å². The van der Waals surface area contributed by atoms with Crippen LogP contribution in [-0.2, 0) is 19.9 Å². The van der Waals surface area contributed by atoms with Crippen LogP contribution in [0.4, 0.5) is 0 Å². The van der Waals surface area contributed by atoms with Gasteiger partial charge in [0.05, 0.1) is 25.2 Å². The second-order valence-corrected chi connectivity index (χ2v) is 5.68. The molecule has 0 radical (unpaired) electrons. The van der Waals surface area contributed by atoms with Crippen LogP contribution < -0.4 is 9.47 Å². The molecule has 1 aliphatic rings. The molecule has 20 heavy (non-hydrogen) atoms. The molecule has 5 heteroatoms. The number of benzene rings is 1. The molecule has 0 bridgehead atoms. The van der Waals surface area contributed by atoms with Crippen LogP contribution in [-0.4, -0.2) is 22.8 Å². The van der Waals surface area contributed by atoms with Crippen LogP contribution >= 0.6 is 15.9 Å². The van der Waals surface area contributed by atoms with Gasteiger partial charge < -0.3 is 14.0 Å². The van der Waals surface area contributed by atoms with Crippen LogP contribution in [0.3, 0.4) is 0 Å². The quantitative estimate of drug-likeness (QED) is 0.863. The van der Waals surface area contributed by atoms with Crippen molar-refractivity contribution in [1.29, 1.82) is 0 Å². The number of fused-ring (bicyclic) bond motifs is 1. The third-order valence-corrected chi connectivity index (χ3v) is 4.13. The van der Waals surface area contributed by atoms with Crippen molar-refractivity contribution in [2.75, 3.05) is 13.2 Å². The van der Waals surface area contributed by atoms with Gasteiger partial charge in [-0.15, -0.1) is 0 Å². The molecular formula is C15H17BrN2O2. The number of halogens is 1. The monoisotopic (exact) mass is 336 g/mol. The largest absolute Gasteiger partial charge is 0.490 e. The summed E-state index contributed by atoms with van der Waals surface area (Å²) in [5, 5.41) is 0. The maximum absolute atomic E-state index is 5.72. The molecule has 106 valence electrons. The zero-order chi connectivity index (χ0) is 13.9. The first-order chi connectivity index (χ1) is 9.74. The van der Waals surface area contributed by atoms with Crippen molar-refractivity contribution in [3.8, 4) is 11.5 Å². The van der Waals surface area contributed by atoms with E-state index in [1.165, 1.54) is 11.3 Å². The zero-order valence-electron chi connectivity index (χ0n) is 11.4. The van der Waals surface area contributed by atoms with Gasteiger partial charge in [-0.05, 0) is 46.5 Å². The zero-order valence-corrected chi connectivity index (χ0v) is 13.0. The Morgan fingerprint density at radius 2 is 2.00 bits per heavy atom. The van der Waals surface area contributed by atoms with E-state index in [4.69, 9.17) is 9.47 Å². The Balaban J connectivity index is 1.73.